The molecular weight excluding hydrogens is 429 g/mol. The van der Waals surface area contributed by atoms with Gasteiger partial charge in [-0.3, -0.25) is 4.90 Å². The van der Waals surface area contributed by atoms with E-state index in [1.807, 2.05) is 13.0 Å². The van der Waals surface area contributed by atoms with E-state index >= 15 is 0 Å². The SMILES string of the molecule is Br.CCCN(CCBr)CCOc1cc(C)c(Cl)cc1C(C)C. The van der Waals surface area contributed by atoms with Gasteiger partial charge in [0.25, 0.3) is 0 Å². The molecule has 0 aromatic heterocycles. The van der Waals surface area contributed by atoms with Crippen LogP contribution in [0, 0.1) is 6.92 Å². The molecule has 0 aliphatic carbocycles. The highest BCUT2D eigenvalue weighted by molar-refractivity contribution is 9.09. The number of benzene rings is 1. The van der Waals surface area contributed by atoms with E-state index in [0.29, 0.717) is 12.5 Å². The van der Waals surface area contributed by atoms with Crippen molar-refractivity contribution < 1.29 is 4.74 Å². The lowest BCUT2D eigenvalue weighted by atomic mass is 10.0. The molecule has 22 heavy (non-hydrogen) atoms. The molecular formula is C17H28Br2ClNO. The first-order valence-corrected chi connectivity index (χ1v) is 9.20. The van der Waals surface area contributed by atoms with E-state index in [0.717, 1.165) is 41.3 Å². The van der Waals surface area contributed by atoms with Crippen molar-refractivity contribution in [3.63, 3.8) is 0 Å². The Bertz CT molecular complexity index is 435. The van der Waals surface area contributed by atoms with E-state index in [1.165, 1.54) is 12.0 Å². The van der Waals surface area contributed by atoms with Crippen LogP contribution in [0.2, 0.25) is 5.02 Å². The van der Waals surface area contributed by atoms with Crippen LogP contribution < -0.4 is 4.74 Å². The molecule has 128 valence electrons. The van der Waals surface area contributed by atoms with Gasteiger partial charge in [0.15, 0.2) is 0 Å². The van der Waals surface area contributed by atoms with Crippen LogP contribution in [-0.4, -0.2) is 36.5 Å². The standard InChI is InChI=1S/C17H27BrClNO.BrH/c1-5-7-20(8-6-18)9-10-21-17-11-14(4)16(19)12-15(17)13(2)3;/h11-13H,5-10H2,1-4H3;1H. The van der Waals surface area contributed by atoms with Crippen molar-refractivity contribution in [2.24, 2.45) is 0 Å². The third kappa shape index (κ3) is 7.20. The molecule has 0 saturated carbocycles. The van der Waals surface area contributed by atoms with Crippen molar-refractivity contribution in [1.82, 2.24) is 4.90 Å². The van der Waals surface area contributed by atoms with Gasteiger partial charge in [0.1, 0.15) is 12.4 Å². The second-order valence-electron chi connectivity index (χ2n) is 5.67. The summed E-state index contributed by atoms with van der Waals surface area (Å²) in [6.45, 7) is 12.4. The summed E-state index contributed by atoms with van der Waals surface area (Å²) in [4.78, 5) is 2.42. The lowest BCUT2D eigenvalue weighted by Gasteiger charge is -2.22. The van der Waals surface area contributed by atoms with E-state index < -0.39 is 0 Å². The predicted octanol–water partition coefficient (Wildman–Crippen LogP) is 5.84. The molecule has 1 aromatic carbocycles. The Kier molecular flexibility index (Phi) is 11.8. The van der Waals surface area contributed by atoms with Crippen LogP contribution in [0.3, 0.4) is 0 Å². The Morgan fingerprint density at radius 1 is 1.23 bits per heavy atom. The average Bonchev–Trinajstić information content (AvgIpc) is 2.42. The first-order valence-electron chi connectivity index (χ1n) is 7.70. The van der Waals surface area contributed by atoms with Crippen molar-refractivity contribution in [2.45, 2.75) is 40.0 Å². The number of nitrogens with zero attached hydrogens (tertiary/aromatic N) is 1. The zero-order valence-electron chi connectivity index (χ0n) is 14.0. The van der Waals surface area contributed by atoms with E-state index in [2.05, 4.69) is 47.7 Å². The molecule has 0 unspecified atom stereocenters. The lowest BCUT2D eigenvalue weighted by molar-refractivity contribution is 0.216. The first kappa shape index (κ1) is 22.2. The number of aryl methyl sites for hydroxylation is 1. The fourth-order valence-corrected chi connectivity index (χ4v) is 2.98. The predicted molar refractivity (Wildman–Crippen MR) is 107 cm³/mol. The number of hydrogen-bond donors (Lipinski definition) is 0. The van der Waals surface area contributed by atoms with Crippen LogP contribution in [0.25, 0.3) is 0 Å². The monoisotopic (exact) mass is 455 g/mol. The minimum absolute atomic E-state index is 0. The molecule has 1 aromatic rings. The van der Waals surface area contributed by atoms with Crippen molar-refractivity contribution in [1.29, 1.82) is 0 Å². The molecule has 0 N–H and O–H groups in total. The molecule has 0 spiro atoms. The van der Waals surface area contributed by atoms with Gasteiger partial charge in [0.05, 0.1) is 0 Å². The third-order valence-corrected chi connectivity index (χ3v) is 4.28. The largest absolute Gasteiger partial charge is 0.492 e. The molecule has 0 radical (unpaired) electrons. The maximum Gasteiger partial charge on any atom is 0.123 e. The van der Waals surface area contributed by atoms with Gasteiger partial charge in [-0.2, -0.15) is 0 Å². The second-order valence-corrected chi connectivity index (χ2v) is 6.87. The Morgan fingerprint density at radius 3 is 2.45 bits per heavy atom. The van der Waals surface area contributed by atoms with Gasteiger partial charge >= 0.3 is 0 Å². The smallest absolute Gasteiger partial charge is 0.123 e. The van der Waals surface area contributed by atoms with Crippen LogP contribution in [0.15, 0.2) is 12.1 Å². The van der Waals surface area contributed by atoms with E-state index in [-0.39, 0.29) is 17.0 Å². The highest BCUT2D eigenvalue weighted by atomic mass is 79.9. The molecule has 0 bridgehead atoms. The van der Waals surface area contributed by atoms with Gasteiger partial charge in [0.2, 0.25) is 0 Å². The van der Waals surface area contributed by atoms with Crippen molar-refractivity contribution in [3.05, 3.63) is 28.3 Å². The van der Waals surface area contributed by atoms with E-state index in [4.69, 9.17) is 16.3 Å². The summed E-state index contributed by atoms with van der Waals surface area (Å²) in [6, 6.07) is 4.10. The zero-order valence-corrected chi connectivity index (χ0v) is 18.0. The van der Waals surface area contributed by atoms with Crippen LogP contribution in [0.5, 0.6) is 5.75 Å². The zero-order chi connectivity index (χ0) is 15.8. The number of alkyl halides is 1. The minimum Gasteiger partial charge on any atom is -0.492 e. The Balaban J connectivity index is 0.00000441. The van der Waals surface area contributed by atoms with Crippen LogP contribution in [0.1, 0.15) is 44.2 Å². The van der Waals surface area contributed by atoms with E-state index in [1.54, 1.807) is 0 Å². The molecule has 0 fully saturated rings. The van der Waals surface area contributed by atoms with Crippen LogP contribution in [0.4, 0.5) is 0 Å². The fourth-order valence-electron chi connectivity index (χ4n) is 2.30. The van der Waals surface area contributed by atoms with Gasteiger partial charge in [-0.15, -0.1) is 17.0 Å². The summed E-state index contributed by atoms with van der Waals surface area (Å²) in [5, 5.41) is 1.82. The summed E-state index contributed by atoms with van der Waals surface area (Å²) >= 11 is 9.74. The normalized spacial score (nSPS) is 10.9. The highest BCUT2D eigenvalue weighted by Crippen LogP contribution is 2.31. The molecule has 1 rings (SSSR count). The molecule has 0 aliphatic rings. The van der Waals surface area contributed by atoms with Crippen LogP contribution >= 0.6 is 44.5 Å². The topological polar surface area (TPSA) is 12.5 Å². The summed E-state index contributed by atoms with van der Waals surface area (Å²) in [7, 11) is 0. The Morgan fingerprint density at radius 2 is 1.91 bits per heavy atom. The Hall–Kier alpha value is 0.230. The molecule has 0 amide bonds. The van der Waals surface area contributed by atoms with Gasteiger partial charge < -0.3 is 4.74 Å². The average molecular weight is 458 g/mol. The summed E-state index contributed by atoms with van der Waals surface area (Å²) in [6.07, 6.45) is 1.17. The maximum atomic E-state index is 6.23. The van der Waals surface area contributed by atoms with Crippen molar-refractivity contribution in [3.8, 4) is 5.75 Å². The van der Waals surface area contributed by atoms with Gasteiger partial charge in [-0.25, -0.2) is 0 Å². The van der Waals surface area contributed by atoms with Gasteiger partial charge in [-0.05, 0) is 49.1 Å². The molecule has 0 atom stereocenters. The van der Waals surface area contributed by atoms with Crippen molar-refractivity contribution in [2.75, 3.05) is 31.6 Å². The summed E-state index contributed by atoms with van der Waals surface area (Å²) in [5.41, 5.74) is 2.26. The molecule has 2 nitrogen and oxygen atoms in total. The quantitative estimate of drug-likeness (QED) is 0.432. The lowest BCUT2D eigenvalue weighted by Crippen LogP contribution is -2.31. The maximum absolute atomic E-state index is 6.23. The minimum atomic E-state index is 0. The number of hydrogen-bond acceptors (Lipinski definition) is 2. The first-order chi connectivity index (χ1) is 9.99. The summed E-state index contributed by atoms with van der Waals surface area (Å²) in [5.74, 6) is 1.38. The highest BCUT2D eigenvalue weighted by Gasteiger charge is 2.11. The Labute approximate surface area is 159 Å². The molecule has 0 saturated heterocycles. The molecule has 5 heteroatoms. The third-order valence-electron chi connectivity index (χ3n) is 3.52. The number of rotatable bonds is 9. The second kappa shape index (κ2) is 11.7. The molecule has 0 heterocycles. The van der Waals surface area contributed by atoms with Crippen LogP contribution in [-0.2, 0) is 0 Å². The van der Waals surface area contributed by atoms with Crippen molar-refractivity contribution >= 4 is 44.5 Å². The van der Waals surface area contributed by atoms with Gasteiger partial charge in [-0.1, -0.05) is 48.3 Å². The van der Waals surface area contributed by atoms with E-state index in [9.17, 15) is 0 Å². The number of halogens is 3. The van der Waals surface area contributed by atoms with Gasteiger partial charge in [0, 0.05) is 23.4 Å². The number of ether oxygens (including phenoxy) is 1. The fraction of sp³-hybridized carbons (Fsp3) is 0.647. The summed E-state index contributed by atoms with van der Waals surface area (Å²) < 4.78 is 6.04. The molecule has 0 aliphatic heterocycles.